The van der Waals surface area contributed by atoms with Crippen LogP contribution in [0.3, 0.4) is 0 Å². The Morgan fingerprint density at radius 3 is 2.17 bits per heavy atom. The van der Waals surface area contributed by atoms with Crippen LogP contribution in [0, 0.1) is 0 Å². The van der Waals surface area contributed by atoms with Gasteiger partial charge in [0.05, 0.1) is 22.1 Å². The summed E-state index contributed by atoms with van der Waals surface area (Å²) in [6, 6.07) is 20.4. The molecule has 4 rings (SSSR count). The van der Waals surface area contributed by atoms with E-state index in [0.29, 0.717) is 37.7 Å². The van der Waals surface area contributed by atoms with Crippen LogP contribution < -0.4 is 5.14 Å². The minimum atomic E-state index is -3.98. The fourth-order valence-electron chi connectivity index (χ4n) is 3.09. The molecule has 1 aromatic heterocycles. The molecule has 0 aliphatic heterocycles. The molecule has 0 saturated heterocycles. The molecule has 0 spiro atoms. The lowest BCUT2D eigenvalue weighted by Gasteiger charge is -2.11. The second kappa shape index (κ2) is 8.06. The Bertz CT molecular complexity index is 1350. The van der Waals surface area contributed by atoms with Crippen LogP contribution in [0.15, 0.2) is 77.7 Å². The van der Waals surface area contributed by atoms with E-state index in [-0.39, 0.29) is 4.90 Å². The van der Waals surface area contributed by atoms with Gasteiger partial charge in [-0.2, -0.15) is 5.10 Å². The van der Waals surface area contributed by atoms with E-state index in [1.165, 1.54) is 10.7 Å². The lowest BCUT2D eigenvalue weighted by Crippen LogP contribution is -2.16. The molecule has 152 valence electrons. The Hall–Kier alpha value is -2.35. The number of hydrogen-bond donors (Lipinski definition) is 1. The van der Waals surface area contributed by atoms with Crippen LogP contribution in [-0.4, -0.2) is 18.2 Å². The number of sulfonamides is 1. The Morgan fingerprint density at radius 1 is 0.833 bits per heavy atom. The number of benzene rings is 3. The molecule has 3 aromatic carbocycles. The molecule has 0 aliphatic rings. The van der Waals surface area contributed by atoms with Gasteiger partial charge in [-0.3, -0.25) is 0 Å². The Balaban J connectivity index is 2.00. The number of para-hydroxylation sites is 1. The van der Waals surface area contributed by atoms with Gasteiger partial charge in [0.2, 0.25) is 10.0 Å². The average molecular weight is 479 g/mol. The van der Waals surface area contributed by atoms with Crippen molar-refractivity contribution in [2.75, 3.05) is 0 Å². The Kier molecular flexibility index (Phi) is 5.61. The minimum absolute atomic E-state index is 0.0444. The molecule has 9 heteroatoms. The summed E-state index contributed by atoms with van der Waals surface area (Å²) in [5.74, 6) is 0. The van der Waals surface area contributed by atoms with Gasteiger partial charge in [0.15, 0.2) is 0 Å². The maximum absolute atomic E-state index is 12.2. The highest BCUT2D eigenvalue weighted by atomic mass is 35.5. The number of nitrogens with zero attached hydrogens (tertiary/aromatic N) is 2. The molecule has 0 fully saturated rings. The van der Waals surface area contributed by atoms with Crippen LogP contribution in [0.25, 0.3) is 28.2 Å². The molecule has 1 heterocycles. The number of nitrogens with two attached hydrogens (primary N) is 1. The summed E-state index contributed by atoms with van der Waals surface area (Å²) < 4.78 is 25.9. The summed E-state index contributed by atoms with van der Waals surface area (Å²) in [5, 5.41) is 11.6. The number of primary sulfonamides is 1. The zero-order chi connectivity index (χ0) is 21.5. The highest BCUT2D eigenvalue weighted by Crippen LogP contribution is 2.35. The van der Waals surface area contributed by atoms with Crippen molar-refractivity contribution < 1.29 is 8.42 Å². The molecule has 0 bridgehead atoms. The molecular formula is C21H14Cl3N3O2S. The summed E-state index contributed by atoms with van der Waals surface area (Å²) in [6.45, 7) is 0. The van der Waals surface area contributed by atoms with Gasteiger partial charge in [0.25, 0.3) is 0 Å². The van der Waals surface area contributed by atoms with Gasteiger partial charge in [-0.15, -0.1) is 0 Å². The maximum Gasteiger partial charge on any atom is 0.240 e. The lowest BCUT2D eigenvalue weighted by atomic mass is 10.1. The van der Waals surface area contributed by atoms with Crippen molar-refractivity contribution in [3.8, 4) is 28.2 Å². The third kappa shape index (κ3) is 4.10. The van der Waals surface area contributed by atoms with E-state index in [1.54, 1.807) is 48.5 Å². The molecule has 0 aliphatic carbocycles. The molecule has 30 heavy (non-hydrogen) atoms. The fourth-order valence-corrected chi connectivity index (χ4v) is 4.44. The monoisotopic (exact) mass is 477 g/mol. The first kappa shape index (κ1) is 20.9. The molecule has 0 amide bonds. The van der Waals surface area contributed by atoms with Gasteiger partial charge in [-0.05, 0) is 48.5 Å². The van der Waals surface area contributed by atoms with E-state index in [1.807, 2.05) is 18.2 Å². The molecule has 0 atom stereocenters. The van der Waals surface area contributed by atoms with Crippen LogP contribution in [0.5, 0.6) is 0 Å². The van der Waals surface area contributed by atoms with Gasteiger partial charge in [-0.25, -0.2) is 18.2 Å². The first-order valence-corrected chi connectivity index (χ1v) is 11.4. The second-order valence-electron chi connectivity index (χ2n) is 6.47. The first-order valence-electron chi connectivity index (χ1n) is 8.68. The van der Waals surface area contributed by atoms with E-state index < -0.39 is 10.0 Å². The third-order valence-corrected chi connectivity index (χ3v) is 6.21. The van der Waals surface area contributed by atoms with Crippen molar-refractivity contribution in [2.24, 2.45) is 5.14 Å². The van der Waals surface area contributed by atoms with E-state index in [2.05, 4.69) is 5.10 Å². The number of rotatable bonds is 4. The normalized spacial score (nSPS) is 11.6. The maximum atomic E-state index is 12.2. The van der Waals surface area contributed by atoms with Crippen LogP contribution in [0.4, 0.5) is 0 Å². The van der Waals surface area contributed by atoms with Crippen molar-refractivity contribution in [1.29, 1.82) is 0 Å². The SMILES string of the molecule is NS(=O)(=O)c1ccccc1-n1nc(-c2ccc(Cl)cc2Cl)cc1-c1ccc(Cl)cc1. The largest absolute Gasteiger partial charge is 0.240 e. The number of hydrogen-bond acceptors (Lipinski definition) is 3. The topological polar surface area (TPSA) is 78.0 Å². The smallest absolute Gasteiger partial charge is 0.231 e. The van der Waals surface area contributed by atoms with Crippen LogP contribution >= 0.6 is 34.8 Å². The molecule has 0 saturated carbocycles. The third-order valence-electron chi connectivity index (χ3n) is 4.46. The van der Waals surface area contributed by atoms with E-state index >= 15 is 0 Å². The van der Waals surface area contributed by atoms with Gasteiger partial charge in [0, 0.05) is 21.2 Å². The predicted octanol–water partition coefficient (Wildman–Crippen LogP) is 5.81. The first-order chi connectivity index (χ1) is 14.2. The zero-order valence-corrected chi connectivity index (χ0v) is 18.3. The Labute approximate surface area is 188 Å². The van der Waals surface area contributed by atoms with Gasteiger partial charge in [0.1, 0.15) is 4.90 Å². The summed E-state index contributed by atoms with van der Waals surface area (Å²) in [7, 11) is -3.98. The fraction of sp³-hybridized carbons (Fsp3) is 0. The molecular weight excluding hydrogens is 465 g/mol. The van der Waals surface area contributed by atoms with E-state index in [4.69, 9.17) is 39.9 Å². The van der Waals surface area contributed by atoms with Crippen LogP contribution in [-0.2, 0) is 10.0 Å². The van der Waals surface area contributed by atoms with Crippen molar-refractivity contribution in [3.63, 3.8) is 0 Å². The van der Waals surface area contributed by atoms with Gasteiger partial charge in [-0.1, -0.05) is 59.1 Å². The standard InChI is InChI=1S/C21H14Cl3N3O2S/c22-14-7-5-13(6-8-14)20-12-18(16-10-9-15(23)11-17(16)24)26-27(20)19-3-1-2-4-21(19)30(25,28)29/h1-12H,(H2,25,28,29). The summed E-state index contributed by atoms with van der Waals surface area (Å²) in [5.41, 5.74) is 2.95. The highest BCUT2D eigenvalue weighted by molar-refractivity contribution is 7.89. The molecule has 0 unspecified atom stereocenters. The molecule has 0 radical (unpaired) electrons. The van der Waals surface area contributed by atoms with Crippen molar-refractivity contribution in [1.82, 2.24) is 9.78 Å². The summed E-state index contributed by atoms with van der Waals surface area (Å²) >= 11 is 18.4. The summed E-state index contributed by atoms with van der Waals surface area (Å²) in [6.07, 6.45) is 0. The Morgan fingerprint density at radius 2 is 1.50 bits per heavy atom. The van der Waals surface area contributed by atoms with Crippen molar-refractivity contribution in [2.45, 2.75) is 4.90 Å². The second-order valence-corrected chi connectivity index (χ2v) is 9.28. The van der Waals surface area contributed by atoms with Crippen LogP contribution in [0.1, 0.15) is 0 Å². The zero-order valence-electron chi connectivity index (χ0n) is 15.3. The lowest BCUT2D eigenvalue weighted by molar-refractivity contribution is 0.596. The van der Waals surface area contributed by atoms with Gasteiger partial charge >= 0.3 is 0 Å². The molecule has 5 nitrogen and oxygen atoms in total. The predicted molar refractivity (Wildman–Crippen MR) is 121 cm³/mol. The van der Waals surface area contributed by atoms with Crippen molar-refractivity contribution in [3.05, 3.63) is 87.9 Å². The molecule has 4 aromatic rings. The van der Waals surface area contributed by atoms with E-state index in [9.17, 15) is 8.42 Å². The number of aromatic nitrogens is 2. The number of halogens is 3. The van der Waals surface area contributed by atoms with Crippen molar-refractivity contribution >= 4 is 44.8 Å². The van der Waals surface area contributed by atoms with Crippen LogP contribution in [0.2, 0.25) is 15.1 Å². The quantitative estimate of drug-likeness (QED) is 0.402. The molecule has 2 N–H and O–H groups in total. The summed E-state index contributed by atoms with van der Waals surface area (Å²) in [4.78, 5) is -0.0444. The highest BCUT2D eigenvalue weighted by Gasteiger charge is 2.20. The van der Waals surface area contributed by atoms with Gasteiger partial charge < -0.3 is 0 Å². The van der Waals surface area contributed by atoms with E-state index in [0.717, 1.165) is 5.56 Å². The minimum Gasteiger partial charge on any atom is -0.231 e. The average Bonchev–Trinajstić information content (AvgIpc) is 3.13.